The van der Waals surface area contributed by atoms with E-state index in [9.17, 15) is 4.79 Å². The van der Waals surface area contributed by atoms with Gasteiger partial charge in [0.2, 0.25) is 5.01 Å². The van der Waals surface area contributed by atoms with Crippen LogP contribution in [-0.4, -0.2) is 23.2 Å². The highest BCUT2D eigenvalue weighted by molar-refractivity contribution is 7.15. The van der Waals surface area contributed by atoms with Crippen LogP contribution in [0.5, 0.6) is 5.75 Å². The van der Waals surface area contributed by atoms with Gasteiger partial charge in [0.25, 0.3) is 5.91 Å². The maximum Gasteiger partial charge on any atom is 0.286 e. The molecule has 0 saturated heterocycles. The number of halogens is 1. The molecule has 0 fully saturated rings. The predicted octanol–water partition coefficient (Wildman–Crippen LogP) is 4.84. The Kier molecular flexibility index (Phi) is 5.65. The SMILES string of the molecule is COc1ccc(NC(=O)c2nnc(C(Cl)=Cc3ccc(C)cc3)s2)cc1. The highest BCUT2D eigenvalue weighted by Gasteiger charge is 2.15. The molecule has 0 spiro atoms. The second kappa shape index (κ2) is 8.12. The first-order chi connectivity index (χ1) is 12.5. The van der Waals surface area contributed by atoms with E-state index >= 15 is 0 Å². The van der Waals surface area contributed by atoms with Crippen molar-refractivity contribution in [1.29, 1.82) is 0 Å². The minimum absolute atomic E-state index is 0.242. The summed E-state index contributed by atoms with van der Waals surface area (Å²) in [5, 5.41) is 11.9. The van der Waals surface area contributed by atoms with E-state index in [0.717, 1.165) is 16.9 Å². The van der Waals surface area contributed by atoms with Crippen LogP contribution in [0.4, 0.5) is 5.69 Å². The van der Waals surface area contributed by atoms with E-state index in [2.05, 4.69) is 15.5 Å². The molecule has 5 nitrogen and oxygen atoms in total. The fraction of sp³-hybridized carbons (Fsp3) is 0.105. The first kappa shape index (κ1) is 18.1. The molecule has 0 radical (unpaired) electrons. The number of hydrogen-bond donors (Lipinski definition) is 1. The molecule has 0 saturated carbocycles. The Hall–Kier alpha value is -2.70. The Morgan fingerprint density at radius 1 is 1.08 bits per heavy atom. The van der Waals surface area contributed by atoms with Crippen LogP contribution in [0.25, 0.3) is 11.1 Å². The minimum atomic E-state index is -0.335. The van der Waals surface area contributed by atoms with E-state index < -0.39 is 0 Å². The first-order valence-corrected chi connectivity index (χ1v) is 8.98. The normalized spacial score (nSPS) is 11.3. The van der Waals surface area contributed by atoms with Crippen LogP contribution in [-0.2, 0) is 0 Å². The second-order valence-corrected chi connectivity index (χ2v) is 6.88. The molecular formula is C19H16ClN3O2S. The summed E-state index contributed by atoms with van der Waals surface area (Å²) in [7, 11) is 1.59. The lowest BCUT2D eigenvalue weighted by atomic mass is 10.1. The monoisotopic (exact) mass is 385 g/mol. The molecule has 1 amide bonds. The molecule has 0 atom stereocenters. The number of nitrogens with one attached hydrogen (secondary N) is 1. The molecule has 1 heterocycles. The van der Waals surface area contributed by atoms with Gasteiger partial charge >= 0.3 is 0 Å². The van der Waals surface area contributed by atoms with Gasteiger partial charge in [0.15, 0.2) is 5.01 Å². The smallest absolute Gasteiger partial charge is 0.286 e. The molecular weight excluding hydrogens is 370 g/mol. The Labute approximate surface area is 160 Å². The maximum absolute atomic E-state index is 12.3. The molecule has 0 bridgehead atoms. The number of nitrogens with zero attached hydrogens (tertiary/aromatic N) is 2. The van der Waals surface area contributed by atoms with Crippen LogP contribution >= 0.6 is 22.9 Å². The number of aromatic nitrogens is 2. The van der Waals surface area contributed by atoms with E-state index in [-0.39, 0.29) is 10.9 Å². The second-order valence-electron chi connectivity index (χ2n) is 5.50. The number of benzene rings is 2. The van der Waals surface area contributed by atoms with Crippen LogP contribution in [0.1, 0.15) is 25.9 Å². The van der Waals surface area contributed by atoms with Crippen molar-refractivity contribution in [2.24, 2.45) is 0 Å². The van der Waals surface area contributed by atoms with Gasteiger partial charge in [0.05, 0.1) is 12.1 Å². The molecule has 1 N–H and O–H groups in total. The van der Waals surface area contributed by atoms with Crippen LogP contribution in [0.3, 0.4) is 0 Å². The molecule has 26 heavy (non-hydrogen) atoms. The average Bonchev–Trinajstić information content (AvgIpc) is 3.15. The molecule has 0 aliphatic rings. The van der Waals surface area contributed by atoms with E-state index in [1.54, 1.807) is 37.5 Å². The van der Waals surface area contributed by atoms with Crippen LogP contribution in [0.15, 0.2) is 48.5 Å². The Bertz CT molecular complexity index is 934. The van der Waals surface area contributed by atoms with Gasteiger partial charge in [-0.05, 0) is 42.8 Å². The molecule has 3 rings (SSSR count). The lowest BCUT2D eigenvalue weighted by Gasteiger charge is -2.03. The van der Waals surface area contributed by atoms with Gasteiger partial charge in [-0.25, -0.2) is 0 Å². The quantitative estimate of drug-likeness (QED) is 0.682. The van der Waals surface area contributed by atoms with Crippen molar-refractivity contribution in [3.05, 3.63) is 69.7 Å². The average molecular weight is 386 g/mol. The van der Waals surface area contributed by atoms with Crippen molar-refractivity contribution < 1.29 is 9.53 Å². The van der Waals surface area contributed by atoms with E-state index in [1.165, 1.54) is 5.56 Å². The summed E-state index contributed by atoms with van der Waals surface area (Å²) in [6.45, 7) is 2.02. The fourth-order valence-electron chi connectivity index (χ4n) is 2.14. The van der Waals surface area contributed by atoms with Crippen LogP contribution < -0.4 is 10.1 Å². The highest BCUT2D eigenvalue weighted by Crippen LogP contribution is 2.26. The molecule has 0 unspecified atom stereocenters. The van der Waals surface area contributed by atoms with Gasteiger partial charge in [-0.1, -0.05) is 52.8 Å². The summed E-state index contributed by atoms with van der Waals surface area (Å²) in [5.41, 5.74) is 2.78. The maximum atomic E-state index is 12.3. The zero-order chi connectivity index (χ0) is 18.5. The Morgan fingerprint density at radius 3 is 2.38 bits per heavy atom. The van der Waals surface area contributed by atoms with Crippen molar-refractivity contribution in [2.45, 2.75) is 6.92 Å². The number of anilines is 1. The van der Waals surface area contributed by atoms with Crippen molar-refractivity contribution >= 4 is 45.6 Å². The summed E-state index contributed by atoms with van der Waals surface area (Å²) < 4.78 is 5.09. The van der Waals surface area contributed by atoms with Gasteiger partial charge in [0, 0.05) is 5.69 Å². The highest BCUT2D eigenvalue weighted by atomic mass is 35.5. The summed E-state index contributed by atoms with van der Waals surface area (Å²) in [6, 6.07) is 15.0. The first-order valence-electron chi connectivity index (χ1n) is 7.78. The van der Waals surface area contributed by atoms with E-state index in [0.29, 0.717) is 21.5 Å². The third kappa shape index (κ3) is 4.47. The summed E-state index contributed by atoms with van der Waals surface area (Å²) in [5.74, 6) is 0.382. The third-order valence-electron chi connectivity index (χ3n) is 3.54. The summed E-state index contributed by atoms with van der Waals surface area (Å²) in [6.07, 6.45) is 1.80. The molecule has 3 aromatic rings. The van der Waals surface area contributed by atoms with Crippen LogP contribution in [0.2, 0.25) is 0 Å². The van der Waals surface area contributed by atoms with Crippen molar-refractivity contribution in [3.63, 3.8) is 0 Å². The van der Waals surface area contributed by atoms with E-state index in [1.807, 2.05) is 31.2 Å². The number of aryl methyl sites for hydroxylation is 1. The molecule has 0 aliphatic carbocycles. The number of hydrogen-bond acceptors (Lipinski definition) is 5. The Morgan fingerprint density at radius 2 is 1.73 bits per heavy atom. The van der Waals surface area contributed by atoms with Gasteiger partial charge in [-0.2, -0.15) is 0 Å². The van der Waals surface area contributed by atoms with Crippen LogP contribution in [0, 0.1) is 6.92 Å². The molecule has 132 valence electrons. The molecule has 0 aliphatic heterocycles. The number of rotatable bonds is 5. The number of amides is 1. The topological polar surface area (TPSA) is 64.1 Å². The number of ether oxygens (including phenoxy) is 1. The molecule has 7 heteroatoms. The lowest BCUT2D eigenvalue weighted by molar-refractivity contribution is 0.102. The number of carbonyl (C=O) groups excluding carboxylic acids is 1. The van der Waals surface area contributed by atoms with Gasteiger partial charge in [0.1, 0.15) is 5.75 Å². The third-order valence-corrected chi connectivity index (χ3v) is 4.90. The van der Waals surface area contributed by atoms with Crippen molar-refractivity contribution in [3.8, 4) is 5.75 Å². The summed E-state index contributed by atoms with van der Waals surface area (Å²) in [4.78, 5) is 12.3. The van der Waals surface area contributed by atoms with Gasteiger partial charge in [-0.3, -0.25) is 4.79 Å². The largest absolute Gasteiger partial charge is 0.497 e. The lowest BCUT2D eigenvalue weighted by Crippen LogP contribution is -2.11. The summed E-state index contributed by atoms with van der Waals surface area (Å²) >= 11 is 7.45. The van der Waals surface area contributed by atoms with Crippen molar-refractivity contribution in [1.82, 2.24) is 10.2 Å². The zero-order valence-corrected chi connectivity index (χ0v) is 15.8. The number of methoxy groups -OCH3 is 1. The molecule has 1 aromatic heterocycles. The zero-order valence-electron chi connectivity index (χ0n) is 14.2. The minimum Gasteiger partial charge on any atom is -0.497 e. The van der Waals surface area contributed by atoms with E-state index in [4.69, 9.17) is 16.3 Å². The van der Waals surface area contributed by atoms with Crippen molar-refractivity contribution in [2.75, 3.05) is 12.4 Å². The van der Waals surface area contributed by atoms with Gasteiger partial charge in [-0.15, -0.1) is 10.2 Å². The van der Waals surface area contributed by atoms with Gasteiger partial charge < -0.3 is 10.1 Å². The standard InChI is InChI=1S/C19H16ClN3O2S/c1-12-3-5-13(6-4-12)11-16(20)18-22-23-19(26-18)17(24)21-14-7-9-15(25-2)10-8-14/h3-11H,1-2H3,(H,21,24). The fourth-order valence-corrected chi connectivity index (χ4v) is 3.07. The predicted molar refractivity (Wildman–Crippen MR) is 106 cm³/mol. The number of carbonyl (C=O) groups is 1. The Balaban J connectivity index is 1.71. The molecule has 2 aromatic carbocycles.